The van der Waals surface area contributed by atoms with Crippen LogP contribution in [0.3, 0.4) is 0 Å². The van der Waals surface area contributed by atoms with E-state index in [1.165, 1.54) is 25.3 Å². The van der Waals surface area contributed by atoms with Crippen molar-refractivity contribution in [3.63, 3.8) is 0 Å². The van der Waals surface area contributed by atoms with Crippen LogP contribution in [0.15, 0.2) is 48.5 Å². The number of rotatable bonds is 8. The number of allylic oxidation sites excluding steroid dienone is 1. The van der Waals surface area contributed by atoms with Crippen LogP contribution in [-0.2, 0) is 4.74 Å². The van der Waals surface area contributed by atoms with Gasteiger partial charge < -0.3 is 14.2 Å². The summed E-state index contributed by atoms with van der Waals surface area (Å²) in [6, 6.07) is 11.4. The second-order valence-corrected chi connectivity index (χ2v) is 4.96. The van der Waals surface area contributed by atoms with E-state index in [9.17, 15) is 9.18 Å². The first-order valence-electron chi connectivity index (χ1n) is 7.42. The first-order chi connectivity index (χ1) is 11.6. The molecule has 0 spiro atoms. The Morgan fingerprint density at radius 1 is 1.08 bits per heavy atom. The molecule has 0 N–H and O–H groups in total. The highest BCUT2D eigenvalue weighted by molar-refractivity contribution is 6.07. The minimum Gasteiger partial charge on any atom is -0.497 e. The topological polar surface area (TPSA) is 44.8 Å². The molecule has 0 aromatic heterocycles. The molecule has 0 saturated carbocycles. The lowest BCUT2D eigenvalue weighted by Crippen LogP contribution is -2.04. The van der Waals surface area contributed by atoms with Gasteiger partial charge in [0.15, 0.2) is 5.78 Å². The second-order valence-electron chi connectivity index (χ2n) is 4.96. The van der Waals surface area contributed by atoms with Gasteiger partial charge >= 0.3 is 0 Å². The van der Waals surface area contributed by atoms with E-state index in [0.717, 1.165) is 5.56 Å². The van der Waals surface area contributed by atoms with Crippen LogP contribution in [-0.4, -0.2) is 33.2 Å². The van der Waals surface area contributed by atoms with Crippen molar-refractivity contribution in [2.75, 3.05) is 27.4 Å². The maximum absolute atomic E-state index is 13.9. The molecule has 0 aliphatic carbocycles. The summed E-state index contributed by atoms with van der Waals surface area (Å²) in [7, 11) is 3.05. The Bertz CT molecular complexity index is 725. The summed E-state index contributed by atoms with van der Waals surface area (Å²) < 4.78 is 29.2. The van der Waals surface area contributed by atoms with E-state index < -0.39 is 11.6 Å². The van der Waals surface area contributed by atoms with Gasteiger partial charge in [0.05, 0.1) is 19.3 Å². The van der Waals surface area contributed by atoms with E-state index in [4.69, 9.17) is 14.2 Å². The molecule has 2 rings (SSSR count). The number of hydrogen-bond acceptors (Lipinski definition) is 4. The van der Waals surface area contributed by atoms with Crippen LogP contribution in [0.5, 0.6) is 11.5 Å². The zero-order valence-corrected chi connectivity index (χ0v) is 13.6. The fourth-order valence-electron chi connectivity index (χ4n) is 2.04. The molecular weight excluding hydrogens is 311 g/mol. The fourth-order valence-corrected chi connectivity index (χ4v) is 2.04. The van der Waals surface area contributed by atoms with Crippen LogP contribution in [0, 0.1) is 5.82 Å². The summed E-state index contributed by atoms with van der Waals surface area (Å²) in [6.07, 6.45) is 2.95. The second kappa shape index (κ2) is 8.84. The van der Waals surface area contributed by atoms with Crippen molar-refractivity contribution >= 4 is 11.9 Å². The highest BCUT2D eigenvalue weighted by atomic mass is 19.1. The van der Waals surface area contributed by atoms with Crippen LogP contribution in [0.25, 0.3) is 6.08 Å². The molecule has 0 fully saturated rings. The number of ether oxygens (including phenoxy) is 3. The summed E-state index contributed by atoms with van der Waals surface area (Å²) >= 11 is 0. The Labute approximate surface area is 140 Å². The van der Waals surface area contributed by atoms with Gasteiger partial charge in [0, 0.05) is 13.2 Å². The highest BCUT2D eigenvalue weighted by Crippen LogP contribution is 2.18. The van der Waals surface area contributed by atoms with Gasteiger partial charge in [-0.2, -0.15) is 0 Å². The summed E-state index contributed by atoms with van der Waals surface area (Å²) in [5.41, 5.74) is 0.784. The zero-order chi connectivity index (χ0) is 17.4. The monoisotopic (exact) mass is 330 g/mol. The molecule has 0 unspecified atom stereocenters. The third kappa shape index (κ3) is 4.93. The molecular formula is C19H19FO4. The standard InChI is InChI=1S/C19H19FO4/c1-22-10-11-24-16-5-3-4-14(12-16)6-9-19(21)17-8-7-15(23-2)13-18(17)20/h3-9,12-13H,10-11H2,1-2H3/b9-6+. The van der Waals surface area contributed by atoms with Crippen molar-refractivity contribution in [3.05, 3.63) is 65.5 Å². The molecule has 2 aromatic carbocycles. The molecule has 0 bridgehead atoms. The maximum Gasteiger partial charge on any atom is 0.188 e. The number of hydrogen-bond donors (Lipinski definition) is 0. The largest absolute Gasteiger partial charge is 0.497 e. The van der Waals surface area contributed by atoms with Gasteiger partial charge in [-0.05, 0) is 35.9 Å². The van der Waals surface area contributed by atoms with E-state index in [0.29, 0.717) is 24.7 Å². The van der Waals surface area contributed by atoms with Crippen LogP contribution < -0.4 is 9.47 Å². The average molecular weight is 330 g/mol. The molecule has 0 amide bonds. The first kappa shape index (κ1) is 17.7. The van der Waals surface area contributed by atoms with Crippen molar-refractivity contribution < 1.29 is 23.4 Å². The summed E-state index contributed by atoms with van der Waals surface area (Å²) in [4.78, 5) is 12.1. The van der Waals surface area contributed by atoms with Gasteiger partial charge in [0.1, 0.15) is 23.9 Å². The van der Waals surface area contributed by atoms with E-state index in [2.05, 4.69) is 0 Å². The van der Waals surface area contributed by atoms with Crippen LogP contribution in [0.4, 0.5) is 4.39 Å². The van der Waals surface area contributed by atoms with Gasteiger partial charge in [-0.3, -0.25) is 4.79 Å². The number of halogens is 1. The van der Waals surface area contributed by atoms with Gasteiger partial charge in [-0.1, -0.05) is 18.2 Å². The first-order valence-corrected chi connectivity index (χ1v) is 7.42. The third-order valence-electron chi connectivity index (χ3n) is 3.28. The minimum absolute atomic E-state index is 0.000417. The smallest absolute Gasteiger partial charge is 0.188 e. The van der Waals surface area contributed by atoms with Crippen LogP contribution in [0.1, 0.15) is 15.9 Å². The lowest BCUT2D eigenvalue weighted by Gasteiger charge is -2.06. The quantitative estimate of drug-likeness (QED) is 0.420. The van der Waals surface area contributed by atoms with E-state index in [-0.39, 0.29) is 5.56 Å². The van der Waals surface area contributed by atoms with Crippen molar-refractivity contribution in [1.29, 1.82) is 0 Å². The van der Waals surface area contributed by atoms with Crippen molar-refractivity contribution in [1.82, 2.24) is 0 Å². The Morgan fingerprint density at radius 3 is 2.62 bits per heavy atom. The van der Waals surface area contributed by atoms with E-state index in [1.807, 2.05) is 18.2 Å². The number of ketones is 1. The van der Waals surface area contributed by atoms with Crippen molar-refractivity contribution in [2.45, 2.75) is 0 Å². The van der Waals surface area contributed by atoms with Crippen molar-refractivity contribution in [2.24, 2.45) is 0 Å². The third-order valence-corrected chi connectivity index (χ3v) is 3.28. The van der Waals surface area contributed by atoms with Gasteiger partial charge in [0.2, 0.25) is 0 Å². The SMILES string of the molecule is COCCOc1cccc(/C=C/C(=O)c2ccc(OC)cc2F)c1. The normalized spacial score (nSPS) is 10.8. The van der Waals surface area contributed by atoms with Gasteiger partial charge in [-0.15, -0.1) is 0 Å². The molecule has 0 radical (unpaired) electrons. The fraction of sp³-hybridized carbons (Fsp3) is 0.211. The summed E-state index contributed by atoms with van der Waals surface area (Å²) in [5.74, 6) is 0.0210. The molecule has 24 heavy (non-hydrogen) atoms. The Kier molecular flexibility index (Phi) is 6.51. The van der Waals surface area contributed by atoms with Crippen molar-refractivity contribution in [3.8, 4) is 11.5 Å². The van der Waals surface area contributed by atoms with E-state index in [1.54, 1.807) is 25.3 Å². The molecule has 126 valence electrons. The van der Waals surface area contributed by atoms with Crippen LogP contribution >= 0.6 is 0 Å². The molecule has 0 heterocycles. The molecule has 0 aliphatic rings. The lowest BCUT2D eigenvalue weighted by molar-refractivity contribution is 0.104. The number of carbonyl (C=O) groups excluding carboxylic acids is 1. The summed E-state index contributed by atoms with van der Waals surface area (Å²) in [6.45, 7) is 0.939. The number of methoxy groups -OCH3 is 2. The van der Waals surface area contributed by atoms with Gasteiger partial charge in [-0.25, -0.2) is 4.39 Å². The Hall–Kier alpha value is -2.66. The molecule has 0 aliphatic heterocycles. The predicted molar refractivity (Wildman–Crippen MR) is 90.1 cm³/mol. The summed E-state index contributed by atoms with van der Waals surface area (Å²) in [5, 5.41) is 0. The van der Waals surface area contributed by atoms with Gasteiger partial charge in [0.25, 0.3) is 0 Å². The Balaban J connectivity index is 2.07. The van der Waals surface area contributed by atoms with Crippen LogP contribution in [0.2, 0.25) is 0 Å². The molecule has 2 aromatic rings. The zero-order valence-electron chi connectivity index (χ0n) is 13.6. The van der Waals surface area contributed by atoms with E-state index >= 15 is 0 Å². The number of benzene rings is 2. The Morgan fingerprint density at radius 2 is 1.92 bits per heavy atom. The highest BCUT2D eigenvalue weighted by Gasteiger charge is 2.09. The predicted octanol–water partition coefficient (Wildman–Crippen LogP) is 3.76. The lowest BCUT2D eigenvalue weighted by atomic mass is 10.1. The minimum atomic E-state index is -0.611. The molecule has 5 heteroatoms. The average Bonchev–Trinajstić information content (AvgIpc) is 2.60. The molecule has 4 nitrogen and oxygen atoms in total. The molecule has 0 saturated heterocycles. The molecule has 0 atom stereocenters. The number of carbonyl (C=O) groups is 1. The maximum atomic E-state index is 13.9.